The van der Waals surface area contributed by atoms with Gasteiger partial charge < -0.3 is 9.47 Å². The number of benzene rings is 1. The van der Waals surface area contributed by atoms with Gasteiger partial charge in [-0.05, 0) is 19.1 Å². The summed E-state index contributed by atoms with van der Waals surface area (Å²) in [4.78, 5) is 10.8. The Morgan fingerprint density at radius 2 is 1.93 bits per heavy atom. The number of hydrogen-bond donors (Lipinski definition) is 0. The van der Waals surface area contributed by atoms with Crippen LogP contribution >= 0.6 is 0 Å². The molecule has 1 rings (SSSR count). The monoisotopic (exact) mass is 192 g/mol. The Bertz CT molecular complexity index is 328. The average Bonchev–Trinajstić information content (AvgIpc) is 2.19. The number of carbonyl (C=O) groups is 1. The largest absolute Gasteiger partial charge is 0.466 e. The van der Waals surface area contributed by atoms with Crippen LogP contribution in [-0.4, -0.2) is 13.1 Å². The highest BCUT2D eigenvalue weighted by atomic mass is 16.5. The fourth-order valence-electron chi connectivity index (χ4n) is 0.929. The van der Waals surface area contributed by atoms with E-state index in [1.807, 2.05) is 30.3 Å². The van der Waals surface area contributed by atoms with E-state index in [4.69, 9.17) is 4.74 Å². The van der Waals surface area contributed by atoms with Crippen LogP contribution in [0.5, 0.6) is 5.75 Å². The number of esters is 1. The van der Waals surface area contributed by atoms with Crippen molar-refractivity contribution in [2.24, 2.45) is 0 Å². The lowest BCUT2D eigenvalue weighted by Crippen LogP contribution is -1.99. The molecular weight excluding hydrogens is 180 g/mol. The molecular formula is C11H12O3. The van der Waals surface area contributed by atoms with Crippen LogP contribution in [0.15, 0.2) is 42.2 Å². The Morgan fingerprint density at radius 1 is 1.29 bits per heavy atom. The summed E-state index contributed by atoms with van der Waals surface area (Å²) in [6, 6.07) is 9.25. The molecule has 0 spiro atoms. The molecule has 3 nitrogen and oxygen atoms in total. The smallest absolute Gasteiger partial charge is 0.333 e. The molecule has 1 aromatic carbocycles. The van der Waals surface area contributed by atoms with Crippen LogP contribution in [0.3, 0.4) is 0 Å². The van der Waals surface area contributed by atoms with Gasteiger partial charge >= 0.3 is 5.97 Å². The molecule has 0 amide bonds. The van der Waals surface area contributed by atoms with Crippen molar-refractivity contribution < 1.29 is 14.3 Å². The summed E-state index contributed by atoms with van der Waals surface area (Å²) in [7, 11) is 1.33. The van der Waals surface area contributed by atoms with Crippen LogP contribution < -0.4 is 4.74 Å². The molecule has 0 aliphatic heterocycles. The summed E-state index contributed by atoms with van der Waals surface area (Å²) < 4.78 is 9.81. The first kappa shape index (κ1) is 10.3. The Kier molecular flexibility index (Phi) is 3.73. The summed E-state index contributed by atoms with van der Waals surface area (Å²) in [5.41, 5.74) is 0. The fraction of sp³-hybridized carbons (Fsp3) is 0.182. The standard InChI is InChI=1S/C11H12O3/c1-9(8-11(12)13-2)14-10-6-4-3-5-7-10/h3-8H,1-2H3/b9-8-. The van der Waals surface area contributed by atoms with E-state index >= 15 is 0 Å². The maximum absolute atomic E-state index is 10.8. The minimum Gasteiger partial charge on any atom is -0.466 e. The zero-order valence-corrected chi connectivity index (χ0v) is 8.19. The fourth-order valence-corrected chi connectivity index (χ4v) is 0.929. The maximum Gasteiger partial charge on any atom is 0.333 e. The molecule has 0 saturated carbocycles. The Morgan fingerprint density at radius 3 is 2.50 bits per heavy atom. The SMILES string of the molecule is COC(=O)/C=C(/C)Oc1ccccc1. The number of carbonyl (C=O) groups excluding carboxylic acids is 1. The Balaban J connectivity index is 2.61. The second kappa shape index (κ2) is 5.07. The van der Waals surface area contributed by atoms with Gasteiger partial charge in [-0.3, -0.25) is 0 Å². The molecule has 1 aromatic rings. The molecule has 0 aromatic heterocycles. The zero-order valence-electron chi connectivity index (χ0n) is 8.19. The molecule has 0 N–H and O–H groups in total. The highest BCUT2D eigenvalue weighted by Gasteiger charge is 1.98. The average molecular weight is 192 g/mol. The lowest BCUT2D eigenvalue weighted by Gasteiger charge is -2.04. The van der Waals surface area contributed by atoms with Crippen LogP contribution in [0.4, 0.5) is 0 Å². The van der Waals surface area contributed by atoms with Gasteiger partial charge in [-0.15, -0.1) is 0 Å². The Labute approximate surface area is 83.0 Å². The van der Waals surface area contributed by atoms with Crippen LogP contribution in [0.2, 0.25) is 0 Å². The van der Waals surface area contributed by atoms with Gasteiger partial charge in [-0.1, -0.05) is 18.2 Å². The summed E-state index contributed by atoms with van der Waals surface area (Å²) in [6.45, 7) is 1.70. The van der Waals surface area contributed by atoms with E-state index in [1.54, 1.807) is 6.92 Å². The van der Waals surface area contributed by atoms with Gasteiger partial charge in [-0.2, -0.15) is 0 Å². The highest BCUT2D eigenvalue weighted by Crippen LogP contribution is 2.12. The van der Waals surface area contributed by atoms with Crippen molar-refractivity contribution in [3.8, 4) is 5.75 Å². The van der Waals surface area contributed by atoms with Gasteiger partial charge in [0, 0.05) is 0 Å². The molecule has 0 bridgehead atoms. The van der Waals surface area contributed by atoms with Crippen molar-refractivity contribution in [1.29, 1.82) is 0 Å². The molecule has 0 unspecified atom stereocenters. The normalized spacial score (nSPS) is 10.9. The van der Waals surface area contributed by atoms with Crippen molar-refractivity contribution in [3.63, 3.8) is 0 Å². The van der Waals surface area contributed by atoms with Gasteiger partial charge in [-0.25, -0.2) is 4.79 Å². The first-order valence-corrected chi connectivity index (χ1v) is 4.21. The van der Waals surface area contributed by atoms with E-state index in [-0.39, 0.29) is 0 Å². The van der Waals surface area contributed by atoms with Crippen molar-refractivity contribution in [3.05, 3.63) is 42.2 Å². The van der Waals surface area contributed by atoms with Crippen LogP contribution in [0, 0.1) is 0 Å². The number of para-hydroxylation sites is 1. The van der Waals surface area contributed by atoms with E-state index in [2.05, 4.69) is 4.74 Å². The first-order valence-electron chi connectivity index (χ1n) is 4.21. The summed E-state index contributed by atoms with van der Waals surface area (Å²) >= 11 is 0. The third-order valence-corrected chi connectivity index (χ3v) is 1.54. The lowest BCUT2D eigenvalue weighted by molar-refractivity contribution is -0.135. The van der Waals surface area contributed by atoms with Gasteiger partial charge in [0.15, 0.2) is 0 Å². The minimum absolute atomic E-state index is 0.418. The number of ether oxygens (including phenoxy) is 2. The van der Waals surface area contributed by atoms with E-state index < -0.39 is 5.97 Å². The van der Waals surface area contributed by atoms with Gasteiger partial charge in [0.25, 0.3) is 0 Å². The van der Waals surface area contributed by atoms with Crippen LogP contribution in [0.1, 0.15) is 6.92 Å². The van der Waals surface area contributed by atoms with Gasteiger partial charge in [0.05, 0.1) is 13.2 Å². The lowest BCUT2D eigenvalue weighted by atomic mass is 10.3. The topological polar surface area (TPSA) is 35.5 Å². The third-order valence-electron chi connectivity index (χ3n) is 1.54. The quantitative estimate of drug-likeness (QED) is 0.418. The van der Waals surface area contributed by atoms with E-state index in [1.165, 1.54) is 13.2 Å². The van der Waals surface area contributed by atoms with Crippen LogP contribution in [-0.2, 0) is 9.53 Å². The first-order chi connectivity index (χ1) is 6.72. The van der Waals surface area contributed by atoms with Crippen molar-refractivity contribution in [2.45, 2.75) is 6.92 Å². The number of hydrogen-bond acceptors (Lipinski definition) is 3. The number of rotatable bonds is 3. The minimum atomic E-state index is -0.418. The molecule has 3 heteroatoms. The second-order valence-corrected chi connectivity index (χ2v) is 2.69. The molecule has 0 heterocycles. The van der Waals surface area contributed by atoms with Crippen molar-refractivity contribution >= 4 is 5.97 Å². The van der Waals surface area contributed by atoms with Crippen molar-refractivity contribution in [2.75, 3.05) is 7.11 Å². The molecule has 0 radical (unpaired) electrons. The second-order valence-electron chi connectivity index (χ2n) is 2.69. The summed E-state index contributed by atoms with van der Waals surface area (Å²) in [6.07, 6.45) is 1.30. The predicted octanol–water partition coefficient (Wildman–Crippen LogP) is 2.14. The van der Waals surface area contributed by atoms with E-state index in [0.29, 0.717) is 11.5 Å². The number of methoxy groups -OCH3 is 1. The van der Waals surface area contributed by atoms with E-state index in [9.17, 15) is 4.79 Å². The van der Waals surface area contributed by atoms with Crippen molar-refractivity contribution in [1.82, 2.24) is 0 Å². The maximum atomic E-state index is 10.8. The molecule has 74 valence electrons. The molecule has 14 heavy (non-hydrogen) atoms. The molecule has 0 saturated heterocycles. The zero-order chi connectivity index (χ0) is 10.4. The van der Waals surface area contributed by atoms with Gasteiger partial charge in [0.1, 0.15) is 11.5 Å². The summed E-state index contributed by atoms with van der Waals surface area (Å²) in [5, 5.41) is 0. The Hall–Kier alpha value is -1.77. The van der Waals surface area contributed by atoms with Crippen LogP contribution in [0.25, 0.3) is 0 Å². The van der Waals surface area contributed by atoms with Gasteiger partial charge in [0.2, 0.25) is 0 Å². The number of allylic oxidation sites excluding steroid dienone is 1. The van der Waals surface area contributed by atoms with E-state index in [0.717, 1.165) is 0 Å². The summed E-state index contributed by atoms with van der Waals surface area (Å²) in [5.74, 6) is 0.784. The predicted molar refractivity (Wildman–Crippen MR) is 52.8 cm³/mol. The molecule has 0 fully saturated rings. The molecule has 0 atom stereocenters. The third kappa shape index (κ3) is 3.31. The highest BCUT2D eigenvalue weighted by molar-refractivity contribution is 5.82. The molecule has 0 aliphatic rings. The molecule has 0 aliphatic carbocycles.